The molecule has 0 radical (unpaired) electrons. The van der Waals surface area contributed by atoms with Gasteiger partial charge in [0.1, 0.15) is 18.1 Å². The van der Waals surface area contributed by atoms with Gasteiger partial charge < -0.3 is 23.9 Å². The number of halogens is 1. The Hall–Kier alpha value is -2.86. The number of furan rings is 1. The first kappa shape index (κ1) is 21.8. The molecule has 0 saturated heterocycles. The molecule has 3 aromatic rings. The first-order valence-corrected chi connectivity index (χ1v) is 10.2. The molecule has 7 heteroatoms. The fourth-order valence-electron chi connectivity index (χ4n) is 3.15. The van der Waals surface area contributed by atoms with Crippen molar-refractivity contribution in [3.05, 3.63) is 52.7 Å². The van der Waals surface area contributed by atoms with Crippen LogP contribution in [-0.4, -0.2) is 25.7 Å². The highest BCUT2D eigenvalue weighted by Crippen LogP contribution is 2.33. The van der Waals surface area contributed by atoms with Crippen molar-refractivity contribution >= 4 is 34.2 Å². The van der Waals surface area contributed by atoms with Crippen LogP contribution in [0.3, 0.4) is 0 Å². The highest BCUT2D eigenvalue weighted by molar-refractivity contribution is 6.31. The molecule has 0 aliphatic rings. The molecule has 0 spiro atoms. The van der Waals surface area contributed by atoms with E-state index in [1.54, 1.807) is 38.5 Å². The summed E-state index contributed by atoms with van der Waals surface area (Å²) >= 11 is 6.31. The van der Waals surface area contributed by atoms with Crippen molar-refractivity contribution in [2.75, 3.05) is 19.0 Å². The van der Waals surface area contributed by atoms with Gasteiger partial charge >= 0.3 is 5.97 Å². The number of hydrogen-bond donors (Lipinski definition) is 1. The van der Waals surface area contributed by atoms with Gasteiger partial charge in [-0.1, -0.05) is 17.7 Å². The van der Waals surface area contributed by atoms with Gasteiger partial charge in [-0.3, -0.25) is 4.79 Å². The molecular formula is C23H26ClNO5. The molecule has 1 N–H and O–H groups in total. The zero-order valence-corrected chi connectivity index (χ0v) is 18.3. The molecule has 0 bridgehead atoms. The van der Waals surface area contributed by atoms with Gasteiger partial charge in [0.05, 0.1) is 32.1 Å². The molecule has 6 nitrogen and oxygen atoms in total. The first-order chi connectivity index (χ1) is 14.4. The van der Waals surface area contributed by atoms with E-state index in [-0.39, 0.29) is 25.0 Å². The molecule has 0 saturated carbocycles. The molecular weight excluding hydrogens is 406 g/mol. The third-order valence-electron chi connectivity index (χ3n) is 4.46. The summed E-state index contributed by atoms with van der Waals surface area (Å²) in [5, 5.41) is 4.83. The van der Waals surface area contributed by atoms with Crippen molar-refractivity contribution in [2.24, 2.45) is 0 Å². The fraction of sp³-hybridized carbons (Fsp3) is 0.348. The molecule has 0 fully saturated rings. The van der Waals surface area contributed by atoms with Crippen molar-refractivity contribution < 1.29 is 23.4 Å². The maximum atomic E-state index is 11.9. The number of methoxy groups -OCH3 is 1. The number of benzene rings is 2. The fourth-order valence-corrected chi connectivity index (χ4v) is 3.37. The summed E-state index contributed by atoms with van der Waals surface area (Å²) in [5.41, 5.74) is 3.14. The molecule has 0 atom stereocenters. The molecule has 160 valence electrons. The second-order valence-electron chi connectivity index (χ2n) is 7.13. The summed E-state index contributed by atoms with van der Waals surface area (Å²) in [6.07, 6.45) is 1.78. The zero-order valence-electron chi connectivity index (χ0n) is 17.6. The maximum absolute atomic E-state index is 11.9. The van der Waals surface area contributed by atoms with Crippen LogP contribution in [0.5, 0.6) is 11.5 Å². The minimum atomic E-state index is -0.308. The SMILES string of the molecule is CCOC(=O)Cc1ccc(OC)cc1OCc1coc2c(NC(C)C)cc(Cl)cc12. The van der Waals surface area contributed by atoms with Crippen molar-refractivity contribution in [3.8, 4) is 11.5 Å². The Morgan fingerprint density at radius 2 is 2.00 bits per heavy atom. The zero-order chi connectivity index (χ0) is 21.7. The van der Waals surface area contributed by atoms with Crippen molar-refractivity contribution in [1.82, 2.24) is 0 Å². The third kappa shape index (κ3) is 5.19. The number of ether oxygens (including phenoxy) is 3. The molecule has 0 aliphatic heterocycles. The average Bonchev–Trinajstić information content (AvgIpc) is 3.10. The molecule has 0 amide bonds. The number of esters is 1. The van der Waals surface area contributed by atoms with Crippen LogP contribution in [0.2, 0.25) is 5.02 Å². The quantitative estimate of drug-likeness (QED) is 0.445. The van der Waals surface area contributed by atoms with E-state index < -0.39 is 0 Å². The van der Waals surface area contributed by atoms with E-state index in [1.807, 2.05) is 26.0 Å². The first-order valence-electron chi connectivity index (χ1n) is 9.82. The monoisotopic (exact) mass is 431 g/mol. The predicted molar refractivity (Wildman–Crippen MR) is 118 cm³/mol. The van der Waals surface area contributed by atoms with Crippen molar-refractivity contribution in [2.45, 2.75) is 39.8 Å². The predicted octanol–water partition coefficient (Wildman–Crippen LogP) is 5.60. The molecule has 3 rings (SSSR count). The van der Waals surface area contributed by atoms with E-state index in [0.29, 0.717) is 23.1 Å². The van der Waals surface area contributed by atoms with Gasteiger partial charge in [-0.05, 0) is 39.0 Å². The Morgan fingerprint density at radius 3 is 2.70 bits per heavy atom. The van der Waals surface area contributed by atoms with Gasteiger partial charge in [0.25, 0.3) is 0 Å². The van der Waals surface area contributed by atoms with Crippen LogP contribution in [0.15, 0.2) is 41.0 Å². The van der Waals surface area contributed by atoms with Gasteiger partial charge in [0.2, 0.25) is 0 Å². The van der Waals surface area contributed by atoms with Crippen molar-refractivity contribution in [3.63, 3.8) is 0 Å². The highest BCUT2D eigenvalue weighted by atomic mass is 35.5. The van der Waals surface area contributed by atoms with E-state index in [1.165, 1.54) is 0 Å². The summed E-state index contributed by atoms with van der Waals surface area (Å²) in [5.74, 6) is 0.887. The molecule has 1 aromatic heterocycles. The highest BCUT2D eigenvalue weighted by Gasteiger charge is 2.15. The van der Waals surface area contributed by atoms with Crippen LogP contribution < -0.4 is 14.8 Å². The van der Waals surface area contributed by atoms with Gasteiger partial charge in [0.15, 0.2) is 5.58 Å². The minimum Gasteiger partial charge on any atom is -0.497 e. The Labute approximate surface area is 181 Å². The van der Waals surface area contributed by atoms with E-state index in [0.717, 1.165) is 27.8 Å². The molecule has 0 aliphatic carbocycles. The number of carbonyl (C=O) groups is 1. The lowest BCUT2D eigenvalue weighted by Crippen LogP contribution is -2.10. The Bertz CT molecular complexity index is 1030. The molecule has 0 unspecified atom stereocenters. The Kier molecular flexibility index (Phi) is 7.11. The number of fused-ring (bicyclic) bond motifs is 1. The third-order valence-corrected chi connectivity index (χ3v) is 4.68. The van der Waals surface area contributed by atoms with Gasteiger partial charge in [0, 0.05) is 33.6 Å². The smallest absolute Gasteiger partial charge is 0.310 e. The second-order valence-corrected chi connectivity index (χ2v) is 7.57. The summed E-state index contributed by atoms with van der Waals surface area (Å²) in [6.45, 7) is 6.46. The number of anilines is 1. The Balaban J connectivity index is 1.87. The van der Waals surface area contributed by atoms with E-state index in [9.17, 15) is 4.79 Å². The van der Waals surface area contributed by atoms with E-state index >= 15 is 0 Å². The topological polar surface area (TPSA) is 69.9 Å². The number of nitrogens with one attached hydrogen (secondary N) is 1. The summed E-state index contributed by atoms with van der Waals surface area (Å²) < 4.78 is 22.2. The summed E-state index contributed by atoms with van der Waals surface area (Å²) in [6, 6.07) is 9.29. The van der Waals surface area contributed by atoms with Crippen LogP contribution in [0, 0.1) is 0 Å². The molecule has 2 aromatic carbocycles. The minimum absolute atomic E-state index is 0.119. The number of hydrogen-bond acceptors (Lipinski definition) is 6. The largest absolute Gasteiger partial charge is 0.497 e. The summed E-state index contributed by atoms with van der Waals surface area (Å²) in [7, 11) is 1.58. The van der Waals surface area contributed by atoms with Gasteiger partial charge in [-0.25, -0.2) is 0 Å². The lowest BCUT2D eigenvalue weighted by molar-refractivity contribution is -0.142. The van der Waals surface area contributed by atoms with Crippen LogP contribution in [0.1, 0.15) is 31.9 Å². The van der Waals surface area contributed by atoms with Crippen LogP contribution in [0.25, 0.3) is 11.0 Å². The average molecular weight is 432 g/mol. The van der Waals surface area contributed by atoms with E-state index in [2.05, 4.69) is 5.32 Å². The summed E-state index contributed by atoms with van der Waals surface area (Å²) in [4.78, 5) is 11.9. The second kappa shape index (κ2) is 9.76. The maximum Gasteiger partial charge on any atom is 0.310 e. The van der Waals surface area contributed by atoms with Crippen molar-refractivity contribution in [1.29, 1.82) is 0 Å². The normalized spacial score (nSPS) is 11.0. The lowest BCUT2D eigenvalue weighted by Gasteiger charge is -2.13. The van der Waals surface area contributed by atoms with Crippen LogP contribution >= 0.6 is 11.6 Å². The standard InChI is InChI=1S/C23H26ClNO5/c1-5-28-22(26)8-15-6-7-18(27-4)11-21(15)29-12-16-13-30-23-19(16)9-17(24)10-20(23)25-14(2)3/h6-7,9-11,13-14,25H,5,8,12H2,1-4H3. The number of carbonyl (C=O) groups excluding carboxylic acids is 1. The van der Waals surface area contributed by atoms with Crippen LogP contribution in [-0.2, 0) is 22.6 Å². The van der Waals surface area contributed by atoms with Gasteiger partial charge in [-0.2, -0.15) is 0 Å². The Morgan fingerprint density at radius 1 is 1.20 bits per heavy atom. The lowest BCUT2D eigenvalue weighted by atomic mass is 10.1. The molecule has 30 heavy (non-hydrogen) atoms. The van der Waals surface area contributed by atoms with Crippen LogP contribution in [0.4, 0.5) is 5.69 Å². The number of rotatable bonds is 9. The molecule has 1 heterocycles. The van der Waals surface area contributed by atoms with Gasteiger partial charge in [-0.15, -0.1) is 0 Å². The van der Waals surface area contributed by atoms with E-state index in [4.69, 9.17) is 30.2 Å².